The molecule has 0 atom stereocenters. The standard InChI is InChI=1S/C14H27Br/c1-2-3-4-5-6-7-8-9-10-11-12-13-14-15/h9-10H,2-8,11-14H2,1H3/b10-9+. The van der Waals surface area contributed by atoms with E-state index in [0.717, 1.165) is 5.33 Å². The van der Waals surface area contributed by atoms with Crippen molar-refractivity contribution in [1.82, 2.24) is 0 Å². The van der Waals surface area contributed by atoms with Gasteiger partial charge in [0.2, 0.25) is 0 Å². The van der Waals surface area contributed by atoms with Gasteiger partial charge in [-0.05, 0) is 32.1 Å². The van der Waals surface area contributed by atoms with Crippen molar-refractivity contribution in [3.63, 3.8) is 0 Å². The highest BCUT2D eigenvalue weighted by Gasteiger charge is 1.88. The summed E-state index contributed by atoms with van der Waals surface area (Å²) in [6.07, 6.45) is 18.4. The second kappa shape index (κ2) is 14.2. The van der Waals surface area contributed by atoms with Crippen LogP contribution in [0.5, 0.6) is 0 Å². The zero-order valence-corrected chi connectivity index (χ0v) is 11.9. The van der Waals surface area contributed by atoms with Crippen LogP contribution in [0.4, 0.5) is 0 Å². The van der Waals surface area contributed by atoms with Crippen LogP contribution in [0.1, 0.15) is 71.1 Å². The molecule has 0 fully saturated rings. The summed E-state index contributed by atoms with van der Waals surface area (Å²) in [5.41, 5.74) is 0. The van der Waals surface area contributed by atoms with Crippen molar-refractivity contribution in [2.75, 3.05) is 5.33 Å². The van der Waals surface area contributed by atoms with E-state index < -0.39 is 0 Å². The second-order valence-corrected chi connectivity index (χ2v) is 5.01. The molecule has 0 aliphatic carbocycles. The van der Waals surface area contributed by atoms with E-state index in [1.165, 1.54) is 64.2 Å². The number of rotatable bonds is 11. The molecule has 0 aromatic heterocycles. The predicted octanol–water partition coefficient (Wildman–Crippen LogP) is 5.86. The number of allylic oxidation sites excluding steroid dienone is 2. The van der Waals surface area contributed by atoms with E-state index in [9.17, 15) is 0 Å². The molecule has 0 N–H and O–H groups in total. The Morgan fingerprint density at radius 2 is 1.27 bits per heavy atom. The van der Waals surface area contributed by atoms with Crippen LogP contribution in [0.3, 0.4) is 0 Å². The Morgan fingerprint density at radius 3 is 1.87 bits per heavy atom. The highest BCUT2D eigenvalue weighted by molar-refractivity contribution is 9.09. The molecule has 0 aliphatic rings. The molecule has 0 radical (unpaired) electrons. The molecule has 0 rings (SSSR count). The summed E-state index contributed by atoms with van der Waals surface area (Å²) in [5, 5.41) is 1.15. The lowest BCUT2D eigenvalue weighted by Crippen LogP contribution is -1.78. The lowest BCUT2D eigenvalue weighted by atomic mass is 10.1. The number of alkyl halides is 1. The Labute approximate surface area is 105 Å². The molecule has 1 heteroatoms. The Bertz CT molecular complexity index is 129. The quantitative estimate of drug-likeness (QED) is 0.252. The van der Waals surface area contributed by atoms with E-state index in [2.05, 4.69) is 35.0 Å². The third-order valence-electron chi connectivity index (χ3n) is 2.65. The van der Waals surface area contributed by atoms with Gasteiger partial charge < -0.3 is 0 Å². The molecule has 0 amide bonds. The SMILES string of the molecule is CCCCCCCC/C=C/CCCCBr. The molecule has 90 valence electrons. The summed E-state index contributed by atoms with van der Waals surface area (Å²) < 4.78 is 0. The van der Waals surface area contributed by atoms with Gasteiger partial charge in [0.1, 0.15) is 0 Å². The molecule has 0 heterocycles. The van der Waals surface area contributed by atoms with Gasteiger partial charge >= 0.3 is 0 Å². The summed E-state index contributed by atoms with van der Waals surface area (Å²) in [7, 11) is 0. The van der Waals surface area contributed by atoms with Crippen LogP contribution in [0.2, 0.25) is 0 Å². The topological polar surface area (TPSA) is 0 Å². The van der Waals surface area contributed by atoms with Gasteiger partial charge in [-0.3, -0.25) is 0 Å². The van der Waals surface area contributed by atoms with Gasteiger partial charge in [-0.1, -0.05) is 67.1 Å². The smallest absolute Gasteiger partial charge is 0.00314 e. The van der Waals surface area contributed by atoms with Crippen LogP contribution in [0.25, 0.3) is 0 Å². The molecule has 0 aliphatic heterocycles. The number of halogens is 1. The minimum Gasteiger partial charge on any atom is -0.0928 e. The average Bonchev–Trinajstić information content (AvgIpc) is 2.26. The Morgan fingerprint density at radius 1 is 0.733 bits per heavy atom. The molecule has 0 aromatic carbocycles. The van der Waals surface area contributed by atoms with Crippen molar-refractivity contribution in [3.05, 3.63) is 12.2 Å². The highest BCUT2D eigenvalue weighted by atomic mass is 79.9. The maximum atomic E-state index is 3.45. The van der Waals surface area contributed by atoms with E-state index in [1.807, 2.05) is 0 Å². The van der Waals surface area contributed by atoms with Crippen molar-refractivity contribution in [2.24, 2.45) is 0 Å². The zero-order valence-electron chi connectivity index (χ0n) is 10.3. The first-order valence-corrected chi connectivity index (χ1v) is 7.75. The predicted molar refractivity (Wildman–Crippen MR) is 74.8 cm³/mol. The number of hydrogen-bond acceptors (Lipinski definition) is 0. The van der Waals surface area contributed by atoms with Gasteiger partial charge in [-0.2, -0.15) is 0 Å². The molecule has 0 aromatic rings. The van der Waals surface area contributed by atoms with Crippen molar-refractivity contribution >= 4 is 15.9 Å². The molecule has 0 saturated carbocycles. The van der Waals surface area contributed by atoms with Gasteiger partial charge in [-0.25, -0.2) is 0 Å². The summed E-state index contributed by atoms with van der Waals surface area (Å²) in [6.45, 7) is 2.27. The van der Waals surface area contributed by atoms with Gasteiger partial charge in [0.25, 0.3) is 0 Å². The summed E-state index contributed by atoms with van der Waals surface area (Å²) in [5.74, 6) is 0. The average molecular weight is 275 g/mol. The lowest BCUT2D eigenvalue weighted by Gasteiger charge is -1.97. The second-order valence-electron chi connectivity index (χ2n) is 4.21. The fourth-order valence-corrected chi connectivity index (χ4v) is 2.03. The van der Waals surface area contributed by atoms with Gasteiger partial charge in [0.15, 0.2) is 0 Å². The van der Waals surface area contributed by atoms with Gasteiger partial charge in [0, 0.05) is 5.33 Å². The summed E-state index contributed by atoms with van der Waals surface area (Å²) >= 11 is 3.45. The monoisotopic (exact) mass is 274 g/mol. The molecule has 0 spiro atoms. The van der Waals surface area contributed by atoms with Crippen LogP contribution in [0.15, 0.2) is 12.2 Å². The van der Waals surface area contributed by atoms with Crippen LogP contribution >= 0.6 is 15.9 Å². The first-order chi connectivity index (χ1) is 7.41. The van der Waals surface area contributed by atoms with Crippen molar-refractivity contribution < 1.29 is 0 Å². The Kier molecular flexibility index (Phi) is 14.4. The van der Waals surface area contributed by atoms with Crippen LogP contribution in [-0.4, -0.2) is 5.33 Å². The number of unbranched alkanes of at least 4 members (excludes halogenated alkanes) is 8. The van der Waals surface area contributed by atoms with E-state index in [1.54, 1.807) is 0 Å². The molecular formula is C14H27Br. The lowest BCUT2D eigenvalue weighted by molar-refractivity contribution is 0.611. The zero-order chi connectivity index (χ0) is 11.2. The number of hydrogen-bond donors (Lipinski definition) is 0. The maximum Gasteiger partial charge on any atom is 0.00314 e. The summed E-state index contributed by atoms with van der Waals surface area (Å²) in [4.78, 5) is 0. The summed E-state index contributed by atoms with van der Waals surface area (Å²) in [6, 6.07) is 0. The van der Waals surface area contributed by atoms with Crippen molar-refractivity contribution in [2.45, 2.75) is 71.1 Å². The minimum absolute atomic E-state index is 1.15. The first-order valence-electron chi connectivity index (χ1n) is 6.62. The largest absolute Gasteiger partial charge is 0.0928 e. The molecular weight excluding hydrogens is 248 g/mol. The third kappa shape index (κ3) is 14.2. The van der Waals surface area contributed by atoms with E-state index in [0.29, 0.717) is 0 Å². The van der Waals surface area contributed by atoms with Crippen molar-refractivity contribution in [3.8, 4) is 0 Å². The molecule has 15 heavy (non-hydrogen) atoms. The van der Waals surface area contributed by atoms with Crippen LogP contribution in [0, 0.1) is 0 Å². The normalized spacial score (nSPS) is 11.3. The van der Waals surface area contributed by atoms with Crippen LogP contribution < -0.4 is 0 Å². The first kappa shape index (κ1) is 15.2. The van der Waals surface area contributed by atoms with Gasteiger partial charge in [0.05, 0.1) is 0 Å². The molecule has 0 nitrogen and oxygen atoms in total. The molecule has 0 saturated heterocycles. The Hall–Kier alpha value is 0.220. The maximum absolute atomic E-state index is 3.45. The fourth-order valence-electron chi connectivity index (χ4n) is 1.63. The molecule has 0 bridgehead atoms. The third-order valence-corrected chi connectivity index (χ3v) is 3.21. The van der Waals surface area contributed by atoms with E-state index in [4.69, 9.17) is 0 Å². The molecule has 0 unspecified atom stereocenters. The minimum atomic E-state index is 1.15. The Balaban J connectivity index is 2.96. The van der Waals surface area contributed by atoms with E-state index >= 15 is 0 Å². The van der Waals surface area contributed by atoms with Crippen LogP contribution in [-0.2, 0) is 0 Å². The fraction of sp³-hybridized carbons (Fsp3) is 0.857. The van der Waals surface area contributed by atoms with Crippen molar-refractivity contribution in [1.29, 1.82) is 0 Å². The highest BCUT2D eigenvalue weighted by Crippen LogP contribution is 2.07. The van der Waals surface area contributed by atoms with E-state index in [-0.39, 0.29) is 0 Å². The van der Waals surface area contributed by atoms with Gasteiger partial charge in [-0.15, -0.1) is 0 Å².